The number of aromatic nitrogens is 1. The van der Waals surface area contributed by atoms with Gasteiger partial charge in [-0.05, 0) is 48.6 Å². The standard InChI is InChI=1S/C17H17N3O/c18-12-15-2-1-9-19-17(15)20-10-7-14(8-11-20)13-3-5-16(21)6-4-13/h1-6,9,14,21H,7-8,10-11H2. The van der Waals surface area contributed by atoms with E-state index in [4.69, 9.17) is 5.26 Å². The molecule has 0 spiro atoms. The van der Waals surface area contributed by atoms with E-state index in [1.54, 1.807) is 24.4 Å². The van der Waals surface area contributed by atoms with E-state index in [2.05, 4.69) is 16.0 Å². The summed E-state index contributed by atoms with van der Waals surface area (Å²) in [5.74, 6) is 1.61. The van der Waals surface area contributed by atoms with Gasteiger partial charge in [-0.25, -0.2) is 4.98 Å². The summed E-state index contributed by atoms with van der Waals surface area (Å²) in [6, 6.07) is 13.3. The van der Waals surface area contributed by atoms with Crippen molar-refractivity contribution in [1.82, 2.24) is 4.98 Å². The molecule has 0 saturated carbocycles. The second-order valence-electron chi connectivity index (χ2n) is 5.34. The molecule has 1 aromatic heterocycles. The van der Waals surface area contributed by atoms with Crippen molar-refractivity contribution in [2.45, 2.75) is 18.8 Å². The van der Waals surface area contributed by atoms with Crippen molar-refractivity contribution < 1.29 is 5.11 Å². The van der Waals surface area contributed by atoms with Gasteiger partial charge in [-0.2, -0.15) is 5.26 Å². The predicted molar refractivity (Wildman–Crippen MR) is 81.2 cm³/mol. The summed E-state index contributed by atoms with van der Waals surface area (Å²) in [5, 5.41) is 18.5. The molecule has 1 N–H and O–H groups in total. The molecular formula is C17H17N3O. The van der Waals surface area contributed by atoms with Gasteiger partial charge in [0.15, 0.2) is 0 Å². The zero-order chi connectivity index (χ0) is 14.7. The lowest BCUT2D eigenvalue weighted by Crippen LogP contribution is -2.34. The minimum absolute atomic E-state index is 0.309. The molecule has 3 rings (SSSR count). The van der Waals surface area contributed by atoms with E-state index in [-0.39, 0.29) is 0 Å². The van der Waals surface area contributed by atoms with Gasteiger partial charge in [0.25, 0.3) is 0 Å². The number of nitriles is 1. The highest BCUT2D eigenvalue weighted by Crippen LogP contribution is 2.31. The highest BCUT2D eigenvalue weighted by Gasteiger charge is 2.22. The third-order valence-electron chi connectivity index (χ3n) is 4.07. The fourth-order valence-corrected chi connectivity index (χ4v) is 2.91. The summed E-state index contributed by atoms with van der Waals surface area (Å²) < 4.78 is 0. The molecule has 1 saturated heterocycles. The molecule has 106 valence electrons. The van der Waals surface area contributed by atoms with Crippen LogP contribution in [0.4, 0.5) is 5.82 Å². The van der Waals surface area contributed by atoms with Gasteiger partial charge in [-0.1, -0.05) is 12.1 Å². The first kappa shape index (κ1) is 13.4. The maximum Gasteiger partial charge on any atom is 0.146 e. The summed E-state index contributed by atoms with van der Waals surface area (Å²) >= 11 is 0. The average Bonchev–Trinajstić information content (AvgIpc) is 2.56. The molecule has 0 amide bonds. The van der Waals surface area contributed by atoms with Crippen LogP contribution in [0.5, 0.6) is 5.75 Å². The molecule has 4 heteroatoms. The number of phenols is 1. The number of phenolic OH excluding ortho intramolecular Hbond substituents is 1. The van der Waals surface area contributed by atoms with Crippen molar-refractivity contribution in [3.63, 3.8) is 0 Å². The molecule has 0 bridgehead atoms. The topological polar surface area (TPSA) is 60.2 Å². The number of aromatic hydroxyl groups is 1. The quantitative estimate of drug-likeness (QED) is 0.918. The number of rotatable bonds is 2. The largest absolute Gasteiger partial charge is 0.508 e. The van der Waals surface area contributed by atoms with Crippen LogP contribution in [0.2, 0.25) is 0 Å². The molecule has 2 heterocycles. The first-order valence-electron chi connectivity index (χ1n) is 7.17. The Labute approximate surface area is 124 Å². The minimum atomic E-state index is 0.309. The Kier molecular flexibility index (Phi) is 3.74. The highest BCUT2D eigenvalue weighted by molar-refractivity contribution is 5.53. The number of hydrogen-bond donors (Lipinski definition) is 1. The van der Waals surface area contributed by atoms with Crippen LogP contribution in [0.3, 0.4) is 0 Å². The Morgan fingerprint density at radius 1 is 1.14 bits per heavy atom. The predicted octanol–water partition coefficient (Wildman–Crippen LogP) is 3.04. The van der Waals surface area contributed by atoms with E-state index < -0.39 is 0 Å². The lowest BCUT2D eigenvalue weighted by Gasteiger charge is -2.33. The Balaban J connectivity index is 1.70. The number of pyridine rings is 1. The lowest BCUT2D eigenvalue weighted by atomic mass is 9.89. The molecule has 1 aromatic carbocycles. The highest BCUT2D eigenvalue weighted by atomic mass is 16.3. The van der Waals surface area contributed by atoms with Gasteiger partial charge in [-0.3, -0.25) is 0 Å². The van der Waals surface area contributed by atoms with E-state index >= 15 is 0 Å². The van der Waals surface area contributed by atoms with Crippen LogP contribution in [-0.2, 0) is 0 Å². The number of nitrogens with zero attached hydrogens (tertiary/aromatic N) is 3. The summed E-state index contributed by atoms with van der Waals surface area (Å²) in [6.45, 7) is 1.80. The van der Waals surface area contributed by atoms with Gasteiger partial charge in [0.1, 0.15) is 17.6 Å². The molecule has 0 atom stereocenters. The number of benzene rings is 1. The Hall–Kier alpha value is -2.54. The number of piperidine rings is 1. The second-order valence-corrected chi connectivity index (χ2v) is 5.34. The Bertz CT molecular complexity index is 652. The monoisotopic (exact) mass is 279 g/mol. The molecule has 0 aliphatic carbocycles. The van der Waals surface area contributed by atoms with Gasteiger partial charge >= 0.3 is 0 Å². The van der Waals surface area contributed by atoms with Crippen LogP contribution in [0, 0.1) is 11.3 Å². The fraction of sp³-hybridized carbons (Fsp3) is 0.294. The Morgan fingerprint density at radius 2 is 1.86 bits per heavy atom. The zero-order valence-corrected chi connectivity index (χ0v) is 11.7. The molecule has 1 aliphatic rings. The van der Waals surface area contributed by atoms with Crippen molar-refractivity contribution in [3.8, 4) is 11.8 Å². The van der Waals surface area contributed by atoms with Crippen LogP contribution in [0.15, 0.2) is 42.6 Å². The fourth-order valence-electron chi connectivity index (χ4n) is 2.91. The van der Waals surface area contributed by atoms with Crippen molar-refractivity contribution in [2.75, 3.05) is 18.0 Å². The van der Waals surface area contributed by atoms with Crippen molar-refractivity contribution >= 4 is 5.82 Å². The van der Waals surface area contributed by atoms with E-state index in [0.29, 0.717) is 17.2 Å². The van der Waals surface area contributed by atoms with Crippen molar-refractivity contribution in [1.29, 1.82) is 5.26 Å². The van der Waals surface area contributed by atoms with E-state index in [1.807, 2.05) is 18.2 Å². The van der Waals surface area contributed by atoms with Crippen LogP contribution in [-0.4, -0.2) is 23.2 Å². The maximum absolute atomic E-state index is 9.36. The number of anilines is 1. The van der Waals surface area contributed by atoms with E-state index in [0.717, 1.165) is 31.7 Å². The smallest absolute Gasteiger partial charge is 0.146 e. The summed E-state index contributed by atoms with van der Waals surface area (Å²) in [6.07, 6.45) is 3.81. The van der Waals surface area contributed by atoms with Crippen LogP contribution >= 0.6 is 0 Å². The second kappa shape index (κ2) is 5.84. The van der Waals surface area contributed by atoms with E-state index in [1.165, 1.54) is 5.56 Å². The average molecular weight is 279 g/mol. The zero-order valence-electron chi connectivity index (χ0n) is 11.7. The molecule has 0 radical (unpaired) electrons. The van der Waals surface area contributed by atoms with Gasteiger partial charge in [0, 0.05) is 19.3 Å². The first-order valence-corrected chi connectivity index (χ1v) is 7.17. The van der Waals surface area contributed by atoms with Gasteiger partial charge in [-0.15, -0.1) is 0 Å². The van der Waals surface area contributed by atoms with Gasteiger partial charge in [0.05, 0.1) is 5.56 Å². The molecule has 1 fully saturated rings. The van der Waals surface area contributed by atoms with Crippen molar-refractivity contribution in [2.24, 2.45) is 0 Å². The summed E-state index contributed by atoms with van der Waals surface area (Å²) in [5.41, 5.74) is 1.91. The molecule has 4 nitrogen and oxygen atoms in total. The lowest BCUT2D eigenvalue weighted by molar-refractivity contribution is 0.472. The van der Waals surface area contributed by atoms with E-state index in [9.17, 15) is 5.11 Å². The molecule has 2 aromatic rings. The Morgan fingerprint density at radius 3 is 2.52 bits per heavy atom. The van der Waals surface area contributed by atoms with Gasteiger partial charge < -0.3 is 10.0 Å². The molecule has 1 aliphatic heterocycles. The summed E-state index contributed by atoms with van der Waals surface area (Å²) in [4.78, 5) is 6.54. The molecular weight excluding hydrogens is 262 g/mol. The van der Waals surface area contributed by atoms with Gasteiger partial charge in [0.2, 0.25) is 0 Å². The molecule has 21 heavy (non-hydrogen) atoms. The third-order valence-corrected chi connectivity index (χ3v) is 4.07. The van der Waals surface area contributed by atoms with Crippen LogP contribution in [0.25, 0.3) is 0 Å². The van der Waals surface area contributed by atoms with Crippen molar-refractivity contribution in [3.05, 3.63) is 53.7 Å². The van der Waals surface area contributed by atoms with Crippen LogP contribution < -0.4 is 4.90 Å². The normalized spacial score (nSPS) is 15.7. The SMILES string of the molecule is N#Cc1cccnc1N1CCC(c2ccc(O)cc2)CC1. The number of hydrogen-bond acceptors (Lipinski definition) is 4. The minimum Gasteiger partial charge on any atom is -0.508 e. The van der Waals surface area contributed by atoms with Crippen LogP contribution in [0.1, 0.15) is 29.9 Å². The third kappa shape index (κ3) is 2.82. The molecule has 0 unspecified atom stereocenters. The maximum atomic E-state index is 9.36. The summed E-state index contributed by atoms with van der Waals surface area (Å²) in [7, 11) is 0. The first-order chi connectivity index (χ1) is 10.3.